The van der Waals surface area contributed by atoms with Crippen molar-refractivity contribution in [3.8, 4) is 0 Å². The van der Waals surface area contributed by atoms with Crippen LogP contribution in [0.25, 0.3) is 0 Å². The SMILES string of the molecule is O=C(CCn1cncn1)N1CCN(Cc2ccc(Cl)s2)CC1. The Morgan fingerprint density at radius 2 is 2.09 bits per heavy atom. The Morgan fingerprint density at radius 3 is 2.73 bits per heavy atom. The molecule has 0 spiro atoms. The molecule has 22 heavy (non-hydrogen) atoms. The van der Waals surface area contributed by atoms with Gasteiger partial charge in [0, 0.05) is 44.0 Å². The number of nitrogens with zero attached hydrogens (tertiary/aromatic N) is 5. The molecule has 6 nitrogen and oxygen atoms in total. The van der Waals surface area contributed by atoms with Gasteiger partial charge in [-0.15, -0.1) is 11.3 Å². The molecule has 1 amide bonds. The first kappa shape index (κ1) is 15.5. The van der Waals surface area contributed by atoms with Crippen molar-refractivity contribution in [2.45, 2.75) is 19.5 Å². The quantitative estimate of drug-likeness (QED) is 0.832. The molecule has 1 aliphatic rings. The van der Waals surface area contributed by atoms with E-state index in [2.05, 4.69) is 21.0 Å². The molecule has 1 aliphatic heterocycles. The molecule has 0 radical (unpaired) electrons. The minimum Gasteiger partial charge on any atom is -0.340 e. The molecular formula is C14H18ClN5OS. The van der Waals surface area contributed by atoms with Gasteiger partial charge in [0.2, 0.25) is 5.91 Å². The number of hydrogen-bond donors (Lipinski definition) is 0. The molecule has 0 aromatic carbocycles. The number of halogens is 1. The molecule has 0 unspecified atom stereocenters. The van der Waals surface area contributed by atoms with Crippen molar-refractivity contribution in [1.29, 1.82) is 0 Å². The van der Waals surface area contributed by atoms with Crippen LogP contribution in [-0.2, 0) is 17.9 Å². The predicted molar refractivity (Wildman–Crippen MR) is 85.8 cm³/mol. The molecule has 118 valence electrons. The average Bonchev–Trinajstić information content (AvgIpc) is 3.17. The van der Waals surface area contributed by atoms with Crippen molar-refractivity contribution < 1.29 is 4.79 Å². The van der Waals surface area contributed by atoms with E-state index < -0.39 is 0 Å². The van der Waals surface area contributed by atoms with Crippen molar-refractivity contribution in [2.75, 3.05) is 26.2 Å². The van der Waals surface area contributed by atoms with E-state index in [1.54, 1.807) is 22.3 Å². The molecule has 0 atom stereocenters. The molecule has 0 bridgehead atoms. The van der Waals surface area contributed by atoms with Gasteiger partial charge in [-0.2, -0.15) is 5.10 Å². The van der Waals surface area contributed by atoms with Gasteiger partial charge in [-0.05, 0) is 12.1 Å². The fourth-order valence-electron chi connectivity index (χ4n) is 2.53. The minimum absolute atomic E-state index is 0.189. The first-order chi connectivity index (χ1) is 10.7. The highest BCUT2D eigenvalue weighted by Crippen LogP contribution is 2.23. The second-order valence-electron chi connectivity index (χ2n) is 5.27. The monoisotopic (exact) mass is 339 g/mol. The zero-order valence-corrected chi connectivity index (χ0v) is 13.8. The van der Waals surface area contributed by atoms with Crippen molar-refractivity contribution in [2.24, 2.45) is 0 Å². The molecule has 0 N–H and O–H groups in total. The number of thiophene rings is 1. The number of amides is 1. The molecule has 0 aliphatic carbocycles. The van der Waals surface area contributed by atoms with Crippen molar-refractivity contribution >= 4 is 28.8 Å². The number of rotatable bonds is 5. The van der Waals surface area contributed by atoms with Gasteiger partial charge in [-0.1, -0.05) is 11.6 Å². The number of hydrogen-bond acceptors (Lipinski definition) is 5. The van der Waals surface area contributed by atoms with Gasteiger partial charge in [0.1, 0.15) is 12.7 Å². The van der Waals surface area contributed by atoms with Crippen molar-refractivity contribution in [3.63, 3.8) is 0 Å². The Morgan fingerprint density at radius 1 is 1.27 bits per heavy atom. The predicted octanol–water partition coefficient (Wildman–Crippen LogP) is 1.73. The molecule has 2 aromatic heterocycles. The van der Waals surface area contributed by atoms with Crippen LogP contribution in [0, 0.1) is 0 Å². The summed E-state index contributed by atoms with van der Waals surface area (Å²) >= 11 is 7.58. The van der Waals surface area contributed by atoms with Crippen LogP contribution in [0.5, 0.6) is 0 Å². The topological polar surface area (TPSA) is 54.3 Å². The summed E-state index contributed by atoms with van der Waals surface area (Å²) in [5.41, 5.74) is 0. The van der Waals surface area contributed by atoms with Gasteiger partial charge < -0.3 is 4.90 Å². The van der Waals surface area contributed by atoms with E-state index in [1.165, 1.54) is 11.2 Å². The molecule has 8 heteroatoms. The first-order valence-electron chi connectivity index (χ1n) is 7.27. The van der Waals surface area contributed by atoms with E-state index in [1.807, 2.05) is 11.0 Å². The second kappa shape index (κ2) is 7.21. The number of carbonyl (C=O) groups is 1. The van der Waals surface area contributed by atoms with Gasteiger partial charge >= 0.3 is 0 Å². The lowest BCUT2D eigenvalue weighted by Gasteiger charge is -2.34. The third-order valence-electron chi connectivity index (χ3n) is 3.75. The van der Waals surface area contributed by atoms with Crippen LogP contribution in [0.1, 0.15) is 11.3 Å². The van der Waals surface area contributed by atoms with Gasteiger partial charge in [-0.3, -0.25) is 14.4 Å². The molecular weight excluding hydrogens is 322 g/mol. The molecule has 0 saturated carbocycles. The van der Waals surface area contributed by atoms with Crippen molar-refractivity contribution in [1.82, 2.24) is 24.6 Å². The van der Waals surface area contributed by atoms with Crippen LogP contribution in [0.4, 0.5) is 0 Å². The van der Waals surface area contributed by atoms with Gasteiger partial charge in [0.05, 0.1) is 10.9 Å². The van der Waals surface area contributed by atoms with Crippen LogP contribution in [0.3, 0.4) is 0 Å². The highest BCUT2D eigenvalue weighted by Gasteiger charge is 2.21. The number of piperazine rings is 1. The maximum Gasteiger partial charge on any atom is 0.224 e. The smallest absolute Gasteiger partial charge is 0.224 e. The largest absolute Gasteiger partial charge is 0.340 e. The van der Waals surface area contributed by atoms with E-state index in [9.17, 15) is 4.79 Å². The van der Waals surface area contributed by atoms with Crippen LogP contribution >= 0.6 is 22.9 Å². The van der Waals surface area contributed by atoms with Crippen LogP contribution in [0.15, 0.2) is 24.8 Å². The Labute approximate surface area is 138 Å². The van der Waals surface area contributed by atoms with E-state index in [0.29, 0.717) is 13.0 Å². The number of aryl methyl sites for hydroxylation is 1. The Bertz CT molecular complexity index is 607. The van der Waals surface area contributed by atoms with E-state index >= 15 is 0 Å². The fourth-order valence-corrected chi connectivity index (χ4v) is 3.66. The number of carbonyl (C=O) groups excluding carboxylic acids is 1. The van der Waals surface area contributed by atoms with E-state index in [4.69, 9.17) is 11.6 Å². The summed E-state index contributed by atoms with van der Waals surface area (Å²) in [7, 11) is 0. The molecule has 1 saturated heterocycles. The third kappa shape index (κ3) is 4.06. The normalized spacial score (nSPS) is 16.1. The highest BCUT2D eigenvalue weighted by atomic mass is 35.5. The average molecular weight is 340 g/mol. The summed E-state index contributed by atoms with van der Waals surface area (Å²) in [5, 5.41) is 4.01. The zero-order valence-electron chi connectivity index (χ0n) is 12.2. The maximum absolute atomic E-state index is 12.2. The van der Waals surface area contributed by atoms with Crippen LogP contribution in [0.2, 0.25) is 4.34 Å². The summed E-state index contributed by atoms with van der Waals surface area (Å²) in [6, 6.07) is 4.01. The van der Waals surface area contributed by atoms with Gasteiger partial charge in [0.25, 0.3) is 0 Å². The van der Waals surface area contributed by atoms with Crippen molar-refractivity contribution in [3.05, 3.63) is 34.0 Å². The summed E-state index contributed by atoms with van der Waals surface area (Å²) < 4.78 is 2.52. The molecule has 2 aromatic rings. The van der Waals surface area contributed by atoms with E-state index in [-0.39, 0.29) is 5.91 Å². The van der Waals surface area contributed by atoms with E-state index in [0.717, 1.165) is 37.1 Å². The Kier molecular flexibility index (Phi) is 5.07. The lowest BCUT2D eigenvalue weighted by atomic mass is 10.2. The maximum atomic E-state index is 12.2. The second-order valence-corrected chi connectivity index (χ2v) is 7.07. The van der Waals surface area contributed by atoms with Crippen LogP contribution in [-0.4, -0.2) is 56.7 Å². The summed E-state index contributed by atoms with van der Waals surface area (Å²) in [4.78, 5) is 21.6. The summed E-state index contributed by atoms with van der Waals surface area (Å²) in [6.07, 6.45) is 3.60. The Hall–Kier alpha value is -1.44. The zero-order chi connectivity index (χ0) is 15.4. The summed E-state index contributed by atoms with van der Waals surface area (Å²) in [5.74, 6) is 0.189. The standard InChI is InChI=1S/C14H18ClN5OS/c15-13-2-1-12(22-13)9-18-5-7-19(8-6-18)14(21)3-4-20-11-16-10-17-20/h1-2,10-11H,3-9H2. The molecule has 3 rings (SSSR count). The lowest BCUT2D eigenvalue weighted by Crippen LogP contribution is -2.48. The minimum atomic E-state index is 0.189. The number of aromatic nitrogens is 3. The fraction of sp³-hybridized carbons (Fsp3) is 0.500. The first-order valence-corrected chi connectivity index (χ1v) is 8.47. The lowest BCUT2D eigenvalue weighted by molar-refractivity contribution is -0.133. The summed E-state index contributed by atoms with van der Waals surface area (Å²) in [6.45, 7) is 4.89. The Balaban J connectivity index is 1.42. The molecule has 3 heterocycles. The molecule has 1 fully saturated rings. The third-order valence-corrected chi connectivity index (χ3v) is 4.97. The highest BCUT2D eigenvalue weighted by molar-refractivity contribution is 7.16. The van der Waals surface area contributed by atoms with Gasteiger partial charge in [0.15, 0.2) is 0 Å². The van der Waals surface area contributed by atoms with Crippen LogP contribution < -0.4 is 0 Å². The van der Waals surface area contributed by atoms with Gasteiger partial charge in [-0.25, -0.2) is 4.98 Å².